The van der Waals surface area contributed by atoms with Gasteiger partial charge in [-0.3, -0.25) is 9.59 Å². The third-order valence-electron chi connectivity index (χ3n) is 5.60. The maximum absolute atomic E-state index is 12.8. The summed E-state index contributed by atoms with van der Waals surface area (Å²) >= 11 is 1.72. The van der Waals surface area contributed by atoms with Gasteiger partial charge < -0.3 is 15.6 Å². The number of aromatic nitrogens is 2. The number of nitrogens with one attached hydrogen (secondary N) is 1. The van der Waals surface area contributed by atoms with Crippen molar-refractivity contribution in [2.45, 2.75) is 65.5 Å². The van der Waals surface area contributed by atoms with Gasteiger partial charge in [-0.15, -0.1) is 11.3 Å². The Morgan fingerprint density at radius 1 is 1.19 bits per heavy atom. The number of amides is 2. The van der Waals surface area contributed by atoms with Gasteiger partial charge in [-0.05, 0) is 54.8 Å². The molecule has 0 aliphatic heterocycles. The summed E-state index contributed by atoms with van der Waals surface area (Å²) in [5, 5.41) is 4.86. The molecule has 2 aromatic heterocycles. The topological polar surface area (TPSA) is 90.0 Å². The molecule has 0 aliphatic rings. The molecular weight excluding hydrogens is 408 g/mol. The summed E-state index contributed by atoms with van der Waals surface area (Å²) in [6, 6.07) is 9.44. The summed E-state index contributed by atoms with van der Waals surface area (Å²) in [7, 11) is 0. The van der Waals surface area contributed by atoms with E-state index in [2.05, 4.69) is 41.2 Å². The van der Waals surface area contributed by atoms with E-state index in [4.69, 9.17) is 10.7 Å². The number of nitrogens with two attached hydrogens (primary N) is 1. The predicted octanol–water partition coefficient (Wildman–Crippen LogP) is 4.68. The Morgan fingerprint density at radius 3 is 2.52 bits per heavy atom. The van der Waals surface area contributed by atoms with E-state index in [0.717, 1.165) is 36.1 Å². The van der Waals surface area contributed by atoms with Crippen LogP contribution in [0.2, 0.25) is 0 Å². The lowest BCUT2D eigenvalue weighted by molar-refractivity contribution is -0.120. The first kappa shape index (κ1) is 23.0. The molecule has 7 heteroatoms. The maximum Gasteiger partial charge on any atom is 0.252 e. The van der Waals surface area contributed by atoms with Gasteiger partial charge in [0.15, 0.2) is 0 Å². The van der Waals surface area contributed by atoms with Crippen LogP contribution >= 0.6 is 11.3 Å². The molecule has 6 nitrogen and oxygen atoms in total. The molecule has 2 amide bonds. The summed E-state index contributed by atoms with van der Waals surface area (Å²) in [5.41, 5.74) is 7.80. The molecule has 166 valence electrons. The van der Waals surface area contributed by atoms with Crippen LogP contribution in [0, 0.1) is 5.92 Å². The minimum Gasteiger partial charge on any atom is -0.368 e. The lowest BCUT2D eigenvalue weighted by Crippen LogP contribution is -2.45. The number of imidazole rings is 1. The molecule has 0 radical (unpaired) electrons. The Bertz CT molecular complexity index is 1040. The molecule has 2 heterocycles. The van der Waals surface area contributed by atoms with Crippen LogP contribution in [-0.2, 0) is 11.2 Å². The monoisotopic (exact) mass is 440 g/mol. The summed E-state index contributed by atoms with van der Waals surface area (Å²) in [5.74, 6) is 0.442. The molecule has 0 spiro atoms. The van der Waals surface area contributed by atoms with Crippen molar-refractivity contribution in [1.29, 1.82) is 0 Å². The molecule has 1 aromatic carbocycles. The van der Waals surface area contributed by atoms with Crippen molar-refractivity contribution >= 4 is 34.2 Å². The first-order valence-corrected chi connectivity index (χ1v) is 11.8. The van der Waals surface area contributed by atoms with Gasteiger partial charge in [0, 0.05) is 22.9 Å². The van der Waals surface area contributed by atoms with Gasteiger partial charge in [-0.1, -0.05) is 33.8 Å². The minimum absolute atomic E-state index is 0.246. The highest BCUT2D eigenvalue weighted by Gasteiger charge is 2.22. The van der Waals surface area contributed by atoms with Crippen LogP contribution in [0.1, 0.15) is 74.1 Å². The van der Waals surface area contributed by atoms with Gasteiger partial charge in [0.2, 0.25) is 5.91 Å². The van der Waals surface area contributed by atoms with Gasteiger partial charge in [0.05, 0.1) is 11.0 Å². The van der Waals surface area contributed by atoms with Crippen LogP contribution in [0.3, 0.4) is 0 Å². The number of carbonyl (C=O) groups excluding carboxylic acids is 2. The summed E-state index contributed by atoms with van der Waals surface area (Å²) in [6.45, 7) is 8.37. The van der Waals surface area contributed by atoms with Crippen molar-refractivity contribution in [3.63, 3.8) is 0 Å². The average molecular weight is 441 g/mol. The smallest absolute Gasteiger partial charge is 0.252 e. The van der Waals surface area contributed by atoms with Crippen molar-refractivity contribution in [2.75, 3.05) is 0 Å². The number of hydrogen-bond donors (Lipinski definition) is 2. The second-order valence-corrected chi connectivity index (χ2v) is 9.42. The molecule has 0 unspecified atom stereocenters. The van der Waals surface area contributed by atoms with E-state index in [1.165, 1.54) is 4.88 Å². The van der Waals surface area contributed by atoms with E-state index < -0.39 is 11.9 Å². The largest absolute Gasteiger partial charge is 0.368 e. The van der Waals surface area contributed by atoms with Crippen molar-refractivity contribution in [3.8, 4) is 0 Å². The second kappa shape index (κ2) is 10.1. The molecule has 0 bridgehead atoms. The predicted molar refractivity (Wildman–Crippen MR) is 126 cm³/mol. The van der Waals surface area contributed by atoms with Crippen LogP contribution in [0.15, 0.2) is 35.7 Å². The fraction of sp³-hybridized carbons (Fsp3) is 0.458. The fourth-order valence-electron chi connectivity index (χ4n) is 4.00. The van der Waals surface area contributed by atoms with Crippen molar-refractivity contribution in [3.05, 3.63) is 52.0 Å². The zero-order chi connectivity index (χ0) is 22.5. The first-order chi connectivity index (χ1) is 14.8. The Hall–Kier alpha value is -2.67. The Balaban J connectivity index is 1.96. The Labute approximate surface area is 187 Å². The Morgan fingerprint density at radius 2 is 1.94 bits per heavy atom. The number of primary amides is 1. The highest BCUT2D eigenvalue weighted by Crippen LogP contribution is 2.28. The average Bonchev–Trinajstić information content (AvgIpc) is 3.36. The molecule has 3 aromatic rings. The quantitative estimate of drug-likeness (QED) is 0.480. The van der Waals surface area contributed by atoms with E-state index in [9.17, 15) is 9.59 Å². The van der Waals surface area contributed by atoms with E-state index in [1.807, 2.05) is 26.0 Å². The first-order valence-electron chi connectivity index (χ1n) is 11.0. The fourth-order valence-corrected chi connectivity index (χ4v) is 4.71. The summed E-state index contributed by atoms with van der Waals surface area (Å²) in [4.78, 5) is 30.7. The van der Waals surface area contributed by atoms with Gasteiger partial charge in [0.1, 0.15) is 11.9 Å². The van der Waals surface area contributed by atoms with Gasteiger partial charge in [-0.2, -0.15) is 0 Å². The van der Waals surface area contributed by atoms with Crippen LogP contribution in [0.4, 0.5) is 0 Å². The van der Waals surface area contributed by atoms with Crippen LogP contribution in [-0.4, -0.2) is 27.4 Å². The van der Waals surface area contributed by atoms with Crippen molar-refractivity contribution in [1.82, 2.24) is 14.9 Å². The SMILES string of the molecule is CCC(CC)n1c(Cc2cccs2)nc2cc(C(=O)N[C@@H](CC(C)C)C(N)=O)ccc21. The highest BCUT2D eigenvalue weighted by molar-refractivity contribution is 7.09. The number of hydrogen-bond acceptors (Lipinski definition) is 4. The van der Waals surface area contributed by atoms with Gasteiger partial charge in [0.25, 0.3) is 5.91 Å². The van der Waals surface area contributed by atoms with Crippen LogP contribution in [0.5, 0.6) is 0 Å². The number of fused-ring (bicyclic) bond motifs is 1. The van der Waals surface area contributed by atoms with Crippen molar-refractivity contribution < 1.29 is 9.59 Å². The molecule has 3 rings (SSSR count). The van der Waals surface area contributed by atoms with E-state index in [1.54, 1.807) is 17.4 Å². The van der Waals surface area contributed by atoms with Crippen molar-refractivity contribution in [2.24, 2.45) is 11.7 Å². The maximum atomic E-state index is 12.8. The zero-order valence-corrected chi connectivity index (χ0v) is 19.5. The van der Waals surface area contributed by atoms with E-state index in [0.29, 0.717) is 18.0 Å². The number of carbonyl (C=O) groups is 2. The van der Waals surface area contributed by atoms with Crippen LogP contribution < -0.4 is 11.1 Å². The van der Waals surface area contributed by atoms with E-state index in [-0.39, 0.29) is 11.8 Å². The molecular formula is C24H32N4O2S. The lowest BCUT2D eigenvalue weighted by Gasteiger charge is -2.19. The minimum atomic E-state index is -0.681. The van der Waals surface area contributed by atoms with E-state index >= 15 is 0 Å². The number of thiophene rings is 1. The molecule has 0 fully saturated rings. The Kier molecular flexibility index (Phi) is 7.49. The standard InChI is InChI=1S/C24H32N4O2S/c1-5-17(6-2)28-21-10-9-16(24(30)27-20(23(25)29)12-15(3)4)13-19(21)26-22(28)14-18-8-7-11-31-18/h7-11,13,15,17,20H,5-6,12,14H2,1-4H3,(H2,25,29)(H,27,30)/t20-/m0/s1. The highest BCUT2D eigenvalue weighted by atomic mass is 32.1. The summed E-state index contributed by atoms with van der Waals surface area (Å²) < 4.78 is 2.32. The van der Waals surface area contributed by atoms with Gasteiger partial charge >= 0.3 is 0 Å². The normalized spacial score (nSPS) is 12.6. The molecule has 3 N–H and O–H groups in total. The molecule has 0 saturated heterocycles. The molecule has 31 heavy (non-hydrogen) atoms. The molecule has 0 aliphatic carbocycles. The third-order valence-corrected chi connectivity index (χ3v) is 6.48. The molecule has 1 atom stereocenters. The third kappa shape index (κ3) is 5.34. The zero-order valence-electron chi connectivity index (χ0n) is 18.7. The summed E-state index contributed by atoms with van der Waals surface area (Å²) in [6.07, 6.45) is 3.30. The number of rotatable bonds is 10. The van der Waals surface area contributed by atoms with Gasteiger partial charge in [-0.25, -0.2) is 4.98 Å². The number of benzene rings is 1. The number of nitrogens with zero attached hydrogens (tertiary/aromatic N) is 2. The second-order valence-electron chi connectivity index (χ2n) is 8.39. The van der Waals surface area contributed by atoms with Crippen LogP contribution in [0.25, 0.3) is 11.0 Å². The molecule has 0 saturated carbocycles. The lowest BCUT2D eigenvalue weighted by atomic mass is 10.0.